The van der Waals surface area contributed by atoms with Crippen LogP contribution in [0.15, 0.2) is 23.7 Å². The fourth-order valence-electron chi connectivity index (χ4n) is 1.20. The normalized spacial score (nSPS) is 24.9. The maximum atomic E-state index is 10.5. The molecule has 0 aromatic carbocycles. The highest BCUT2D eigenvalue weighted by Gasteiger charge is 2.37. The molecule has 7 heteroatoms. The summed E-state index contributed by atoms with van der Waals surface area (Å²) >= 11 is 0. The molecule has 1 atom stereocenters. The van der Waals surface area contributed by atoms with Gasteiger partial charge in [0.15, 0.2) is 12.0 Å². The minimum Gasteiger partial charge on any atom is -0.354 e. The molecule has 0 N–H and O–H groups in total. The molecule has 2 aliphatic rings. The zero-order valence-corrected chi connectivity index (χ0v) is 7.37. The molecule has 0 bridgehead atoms. The third-order valence-corrected chi connectivity index (χ3v) is 1.90. The summed E-state index contributed by atoms with van der Waals surface area (Å²) in [7, 11) is 1.49. The van der Waals surface area contributed by atoms with Gasteiger partial charge in [-0.05, 0) is 6.08 Å². The summed E-state index contributed by atoms with van der Waals surface area (Å²) in [6.07, 6.45) is 2.67. The maximum Gasteiger partial charge on any atom is 0.335 e. The van der Waals surface area contributed by atoms with Gasteiger partial charge in [0.1, 0.15) is 0 Å². The molecule has 0 radical (unpaired) electrons. The molecule has 0 aromatic heterocycles. The van der Waals surface area contributed by atoms with Crippen molar-refractivity contribution in [3.05, 3.63) is 33.8 Å². The molecular formula is C7H8N2O5. The van der Waals surface area contributed by atoms with Gasteiger partial charge in [0.2, 0.25) is 6.26 Å². The smallest absolute Gasteiger partial charge is 0.335 e. The number of hydrogen-bond donors (Lipinski definition) is 0. The minimum atomic E-state index is -0.525. The number of hydroxylamine groups is 2. The van der Waals surface area contributed by atoms with E-state index in [1.165, 1.54) is 7.11 Å². The van der Waals surface area contributed by atoms with Crippen molar-refractivity contribution in [3.63, 3.8) is 0 Å². The molecule has 2 rings (SSSR count). The van der Waals surface area contributed by atoms with Gasteiger partial charge >= 0.3 is 5.70 Å². The molecule has 0 aliphatic carbocycles. The van der Waals surface area contributed by atoms with Crippen LogP contribution in [0.25, 0.3) is 0 Å². The largest absolute Gasteiger partial charge is 0.354 e. The zero-order valence-electron chi connectivity index (χ0n) is 7.37. The van der Waals surface area contributed by atoms with Gasteiger partial charge in [-0.15, -0.1) is 0 Å². The second-order valence-electron chi connectivity index (χ2n) is 2.72. The van der Waals surface area contributed by atoms with E-state index in [0.29, 0.717) is 12.1 Å². The Hall–Kier alpha value is -1.60. The fraction of sp³-hybridized carbons (Fsp3) is 0.429. The molecule has 14 heavy (non-hydrogen) atoms. The van der Waals surface area contributed by atoms with E-state index in [9.17, 15) is 10.1 Å². The number of fused-ring (bicyclic) bond motifs is 1. The predicted octanol–water partition coefficient (Wildman–Crippen LogP) is 0.543. The minimum absolute atomic E-state index is 0.112. The summed E-state index contributed by atoms with van der Waals surface area (Å²) in [5.74, 6) is 0. The van der Waals surface area contributed by atoms with Crippen LogP contribution in [0.5, 0.6) is 0 Å². The standard InChI is InChI=1S/C7H8N2O5/c1-12-7-3-2-5-6(8(10)11)4-13-9(5)14-7/h2,4,7H,3H2,1H3. The highest BCUT2D eigenvalue weighted by atomic mass is 17.0. The maximum absolute atomic E-state index is 10.5. The topological polar surface area (TPSA) is 74.1 Å². The fourth-order valence-corrected chi connectivity index (χ4v) is 1.20. The van der Waals surface area contributed by atoms with Gasteiger partial charge in [0.05, 0.1) is 4.92 Å². The van der Waals surface area contributed by atoms with E-state index in [0.717, 1.165) is 11.5 Å². The van der Waals surface area contributed by atoms with Gasteiger partial charge in [-0.3, -0.25) is 10.1 Å². The van der Waals surface area contributed by atoms with Crippen molar-refractivity contribution in [1.29, 1.82) is 0 Å². The van der Waals surface area contributed by atoms with Crippen molar-refractivity contribution in [1.82, 2.24) is 5.23 Å². The van der Waals surface area contributed by atoms with Crippen LogP contribution in [0.3, 0.4) is 0 Å². The molecule has 76 valence electrons. The van der Waals surface area contributed by atoms with Crippen molar-refractivity contribution in [2.75, 3.05) is 7.11 Å². The van der Waals surface area contributed by atoms with Crippen LogP contribution in [-0.4, -0.2) is 23.5 Å². The van der Waals surface area contributed by atoms with E-state index in [-0.39, 0.29) is 5.70 Å². The van der Waals surface area contributed by atoms with Crippen molar-refractivity contribution in [2.24, 2.45) is 0 Å². The van der Waals surface area contributed by atoms with Crippen LogP contribution in [0, 0.1) is 10.1 Å². The lowest BCUT2D eigenvalue weighted by molar-refractivity contribution is -0.426. The molecule has 0 aromatic rings. The van der Waals surface area contributed by atoms with Gasteiger partial charge in [-0.1, -0.05) is 5.23 Å². The van der Waals surface area contributed by atoms with Crippen LogP contribution in [0.1, 0.15) is 6.42 Å². The first-order valence-corrected chi connectivity index (χ1v) is 3.94. The van der Waals surface area contributed by atoms with Gasteiger partial charge < -0.3 is 9.57 Å². The second kappa shape index (κ2) is 3.28. The van der Waals surface area contributed by atoms with E-state index in [2.05, 4.69) is 0 Å². The lowest BCUT2D eigenvalue weighted by Gasteiger charge is -2.25. The first kappa shape index (κ1) is 8.97. The molecular weight excluding hydrogens is 192 g/mol. The lowest BCUT2D eigenvalue weighted by Crippen LogP contribution is -2.31. The van der Waals surface area contributed by atoms with Gasteiger partial charge in [0.25, 0.3) is 0 Å². The number of hydrogen-bond acceptors (Lipinski definition) is 6. The highest BCUT2D eigenvalue weighted by Crippen LogP contribution is 2.29. The Bertz CT molecular complexity index is 324. The number of nitro groups is 1. The van der Waals surface area contributed by atoms with Crippen LogP contribution < -0.4 is 0 Å². The quantitative estimate of drug-likeness (QED) is 0.478. The molecule has 0 saturated heterocycles. The van der Waals surface area contributed by atoms with Crippen LogP contribution >= 0.6 is 0 Å². The molecule has 0 spiro atoms. The SMILES string of the molecule is COC1CC=C2C([N+](=O)[O-])=CON2O1. The van der Waals surface area contributed by atoms with Gasteiger partial charge in [0, 0.05) is 13.5 Å². The lowest BCUT2D eigenvalue weighted by atomic mass is 10.2. The van der Waals surface area contributed by atoms with Crippen molar-refractivity contribution in [2.45, 2.75) is 12.7 Å². The molecule has 1 unspecified atom stereocenters. The van der Waals surface area contributed by atoms with Crippen LogP contribution in [0.4, 0.5) is 0 Å². The summed E-state index contributed by atoms with van der Waals surface area (Å²) in [5.41, 5.74) is 0.197. The average molecular weight is 200 g/mol. The molecule has 7 nitrogen and oxygen atoms in total. The predicted molar refractivity (Wildman–Crippen MR) is 42.6 cm³/mol. The summed E-state index contributed by atoms with van der Waals surface area (Å²) in [5, 5.41) is 11.5. The zero-order chi connectivity index (χ0) is 10.1. The Labute approximate surface area is 79.2 Å². The Morgan fingerprint density at radius 2 is 2.57 bits per heavy atom. The first-order chi connectivity index (χ1) is 6.72. The summed E-state index contributed by atoms with van der Waals surface area (Å²) in [6, 6.07) is 0. The number of nitrogens with zero attached hydrogens (tertiary/aromatic N) is 2. The Kier molecular flexibility index (Phi) is 2.10. The van der Waals surface area contributed by atoms with Crippen molar-refractivity contribution < 1.29 is 19.3 Å². The van der Waals surface area contributed by atoms with E-state index in [1.807, 2.05) is 0 Å². The summed E-state index contributed by atoms with van der Waals surface area (Å²) in [6.45, 7) is 0. The van der Waals surface area contributed by atoms with Gasteiger partial charge in [-0.2, -0.15) is 0 Å². The summed E-state index contributed by atoms with van der Waals surface area (Å²) < 4.78 is 4.91. The third-order valence-electron chi connectivity index (χ3n) is 1.90. The van der Waals surface area contributed by atoms with E-state index >= 15 is 0 Å². The molecule has 2 heterocycles. The first-order valence-electron chi connectivity index (χ1n) is 3.94. The molecule has 0 amide bonds. The third kappa shape index (κ3) is 1.32. The Morgan fingerprint density at radius 3 is 3.21 bits per heavy atom. The van der Waals surface area contributed by atoms with E-state index < -0.39 is 11.2 Å². The van der Waals surface area contributed by atoms with Crippen LogP contribution in [-0.2, 0) is 14.4 Å². The number of methoxy groups -OCH3 is 1. The Balaban J connectivity index is 2.17. The number of ether oxygens (including phenoxy) is 1. The number of rotatable bonds is 2. The van der Waals surface area contributed by atoms with Crippen molar-refractivity contribution in [3.8, 4) is 0 Å². The molecule has 0 fully saturated rings. The molecule has 2 aliphatic heterocycles. The molecule has 0 saturated carbocycles. The average Bonchev–Trinajstić information content (AvgIpc) is 2.59. The van der Waals surface area contributed by atoms with Crippen molar-refractivity contribution >= 4 is 0 Å². The monoisotopic (exact) mass is 200 g/mol. The summed E-state index contributed by atoms with van der Waals surface area (Å²) in [4.78, 5) is 19.9. The Morgan fingerprint density at radius 1 is 1.79 bits per heavy atom. The van der Waals surface area contributed by atoms with E-state index in [1.54, 1.807) is 6.08 Å². The second-order valence-corrected chi connectivity index (χ2v) is 2.72. The van der Waals surface area contributed by atoms with E-state index in [4.69, 9.17) is 14.4 Å². The van der Waals surface area contributed by atoms with Crippen LogP contribution in [0.2, 0.25) is 0 Å². The highest BCUT2D eigenvalue weighted by molar-refractivity contribution is 5.24. The van der Waals surface area contributed by atoms with Gasteiger partial charge in [-0.25, -0.2) is 4.84 Å².